The van der Waals surface area contributed by atoms with E-state index >= 15 is 0 Å². The number of amides is 2. The molecule has 2 amide bonds. The summed E-state index contributed by atoms with van der Waals surface area (Å²) in [4.78, 5) is 27.1. The molecule has 154 valence electrons. The van der Waals surface area contributed by atoms with E-state index < -0.39 is 6.04 Å². The second kappa shape index (κ2) is 10.9. The third-order valence-corrected chi connectivity index (χ3v) is 5.27. The van der Waals surface area contributed by atoms with Crippen molar-refractivity contribution in [2.24, 2.45) is 5.92 Å². The Labute approximate surface area is 169 Å². The van der Waals surface area contributed by atoms with Crippen molar-refractivity contribution in [1.29, 1.82) is 0 Å². The average molecular weight is 387 g/mol. The van der Waals surface area contributed by atoms with E-state index in [4.69, 9.17) is 4.74 Å². The van der Waals surface area contributed by atoms with Crippen LogP contribution in [0.2, 0.25) is 0 Å². The first-order valence-corrected chi connectivity index (χ1v) is 10.3. The van der Waals surface area contributed by atoms with Crippen LogP contribution >= 0.6 is 0 Å². The summed E-state index contributed by atoms with van der Waals surface area (Å²) in [5.74, 6) is 0.488. The highest BCUT2D eigenvalue weighted by Gasteiger charge is 2.27. The second-order valence-corrected chi connectivity index (χ2v) is 7.79. The molecule has 0 aromatic heterocycles. The number of nitrogens with one attached hydrogen (secondary N) is 1. The van der Waals surface area contributed by atoms with Crippen LogP contribution in [-0.4, -0.2) is 36.4 Å². The average Bonchev–Trinajstić information content (AvgIpc) is 2.72. The number of hydrogen-bond donors (Lipinski definition) is 1. The predicted octanol–water partition coefficient (Wildman–Crippen LogP) is 4.08. The number of benzene rings is 1. The van der Waals surface area contributed by atoms with Gasteiger partial charge in [-0.25, -0.2) is 0 Å². The van der Waals surface area contributed by atoms with Gasteiger partial charge in [-0.3, -0.25) is 9.59 Å². The van der Waals surface area contributed by atoms with Gasteiger partial charge in [0.1, 0.15) is 11.8 Å². The van der Waals surface area contributed by atoms with Gasteiger partial charge in [0.05, 0.1) is 7.11 Å². The highest BCUT2D eigenvalue weighted by atomic mass is 16.5. The van der Waals surface area contributed by atoms with E-state index in [0.717, 1.165) is 30.6 Å². The van der Waals surface area contributed by atoms with Gasteiger partial charge in [-0.1, -0.05) is 37.6 Å². The zero-order valence-electron chi connectivity index (χ0n) is 17.7. The van der Waals surface area contributed by atoms with Crippen LogP contribution in [0.1, 0.15) is 58.4 Å². The zero-order chi connectivity index (χ0) is 20.5. The van der Waals surface area contributed by atoms with Crippen molar-refractivity contribution in [3.63, 3.8) is 0 Å². The first-order valence-electron chi connectivity index (χ1n) is 10.3. The molecule has 0 saturated heterocycles. The molecule has 0 unspecified atom stereocenters. The summed E-state index contributed by atoms with van der Waals surface area (Å²) in [7, 11) is 1.62. The summed E-state index contributed by atoms with van der Waals surface area (Å²) in [5.41, 5.74) is 2.41. The lowest BCUT2D eigenvalue weighted by molar-refractivity contribution is -0.143. The van der Waals surface area contributed by atoms with E-state index in [1.165, 1.54) is 18.4 Å². The molecule has 1 N–H and O–H groups in total. The van der Waals surface area contributed by atoms with E-state index in [2.05, 4.69) is 11.4 Å². The maximum absolute atomic E-state index is 12.7. The van der Waals surface area contributed by atoms with Crippen LogP contribution in [0.3, 0.4) is 0 Å². The summed E-state index contributed by atoms with van der Waals surface area (Å²) in [6.07, 6.45) is 8.00. The van der Waals surface area contributed by atoms with Crippen LogP contribution in [0.4, 0.5) is 0 Å². The fraction of sp³-hybridized carbons (Fsp3) is 0.565. The topological polar surface area (TPSA) is 58.6 Å². The molecule has 0 bridgehead atoms. The summed E-state index contributed by atoms with van der Waals surface area (Å²) in [6.45, 7) is 6.56. The highest BCUT2D eigenvalue weighted by molar-refractivity contribution is 5.88. The Kier molecular flexibility index (Phi) is 8.55. The normalized spacial score (nSPS) is 15.0. The van der Waals surface area contributed by atoms with Crippen molar-refractivity contribution in [2.45, 2.75) is 65.5 Å². The van der Waals surface area contributed by atoms with E-state index in [1.54, 1.807) is 18.9 Å². The molecule has 1 aliphatic rings. The van der Waals surface area contributed by atoms with Crippen molar-refractivity contribution in [1.82, 2.24) is 10.2 Å². The Bertz CT molecular complexity index is 680. The van der Waals surface area contributed by atoms with Crippen molar-refractivity contribution in [3.8, 4) is 5.75 Å². The molecule has 0 spiro atoms. The van der Waals surface area contributed by atoms with E-state index in [0.29, 0.717) is 13.1 Å². The largest absolute Gasteiger partial charge is 0.497 e. The third kappa shape index (κ3) is 6.39. The lowest BCUT2D eigenvalue weighted by Gasteiger charge is -2.30. The highest BCUT2D eigenvalue weighted by Crippen LogP contribution is 2.20. The maximum atomic E-state index is 12.7. The van der Waals surface area contributed by atoms with Crippen LogP contribution < -0.4 is 10.1 Å². The lowest BCUT2D eigenvalue weighted by atomic mass is 9.97. The SMILES string of the molecule is COc1ccc(CN(C(=O)C(C)C)[C@@H](C)C(=O)NCCC2=CCCCC2)cc1. The quantitative estimate of drug-likeness (QED) is 0.651. The van der Waals surface area contributed by atoms with Crippen molar-refractivity contribution < 1.29 is 14.3 Å². The van der Waals surface area contributed by atoms with Gasteiger partial charge in [-0.05, 0) is 56.7 Å². The van der Waals surface area contributed by atoms with Gasteiger partial charge >= 0.3 is 0 Å². The van der Waals surface area contributed by atoms with Gasteiger partial charge in [0.15, 0.2) is 0 Å². The van der Waals surface area contributed by atoms with Gasteiger partial charge < -0.3 is 15.0 Å². The van der Waals surface area contributed by atoms with E-state index in [9.17, 15) is 9.59 Å². The summed E-state index contributed by atoms with van der Waals surface area (Å²) >= 11 is 0. The molecule has 0 saturated carbocycles. The smallest absolute Gasteiger partial charge is 0.242 e. The van der Waals surface area contributed by atoms with Crippen LogP contribution in [0.5, 0.6) is 5.75 Å². The van der Waals surface area contributed by atoms with Crippen LogP contribution in [0.15, 0.2) is 35.9 Å². The molecule has 0 fully saturated rings. The number of hydrogen-bond acceptors (Lipinski definition) is 3. The molecule has 0 heterocycles. The minimum atomic E-state index is -0.516. The predicted molar refractivity (Wildman–Crippen MR) is 112 cm³/mol. The fourth-order valence-corrected chi connectivity index (χ4v) is 3.43. The van der Waals surface area contributed by atoms with Crippen molar-refractivity contribution in [3.05, 3.63) is 41.5 Å². The minimum Gasteiger partial charge on any atom is -0.497 e. The molecular formula is C23H34N2O3. The number of ether oxygens (including phenoxy) is 1. The van der Waals surface area contributed by atoms with Crippen LogP contribution in [-0.2, 0) is 16.1 Å². The Morgan fingerprint density at radius 1 is 1.14 bits per heavy atom. The number of carbonyl (C=O) groups is 2. The molecular weight excluding hydrogens is 352 g/mol. The molecule has 0 radical (unpaired) electrons. The first-order chi connectivity index (χ1) is 13.4. The summed E-state index contributed by atoms with van der Waals surface area (Å²) in [5, 5.41) is 3.01. The Morgan fingerprint density at radius 3 is 2.43 bits per heavy atom. The van der Waals surface area contributed by atoms with Gasteiger partial charge in [-0.15, -0.1) is 0 Å². The number of carbonyl (C=O) groups excluding carboxylic acids is 2. The van der Waals surface area contributed by atoms with Crippen LogP contribution in [0.25, 0.3) is 0 Å². The molecule has 2 rings (SSSR count). The molecule has 1 aromatic rings. The molecule has 5 nitrogen and oxygen atoms in total. The second-order valence-electron chi connectivity index (χ2n) is 7.79. The number of methoxy groups -OCH3 is 1. The third-order valence-electron chi connectivity index (χ3n) is 5.27. The Balaban J connectivity index is 1.98. The summed E-state index contributed by atoms with van der Waals surface area (Å²) < 4.78 is 5.19. The van der Waals surface area contributed by atoms with Crippen molar-refractivity contribution >= 4 is 11.8 Å². The van der Waals surface area contributed by atoms with Crippen molar-refractivity contribution in [2.75, 3.05) is 13.7 Å². The molecule has 28 heavy (non-hydrogen) atoms. The molecule has 1 aliphatic carbocycles. The number of rotatable bonds is 9. The molecule has 0 aliphatic heterocycles. The fourth-order valence-electron chi connectivity index (χ4n) is 3.43. The Morgan fingerprint density at radius 2 is 1.86 bits per heavy atom. The minimum absolute atomic E-state index is 0.0199. The summed E-state index contributed by atoms with van der Waals surface area (Å²) in [6, 6.07) is 7.09. The lowest BCUT2D eigenvalue weighted by Crippen LogP contribution is -2.49. The molecule has 5 heteroatoms. The monoisotopic (exact) mass is 386 g/mol. The van der Waals surface area contributed by atoms with E-state index in [-0.39, 0.29) is 17.7 Å². The number of allylic oxidation sites excluding steroid dienone is 1. The van der Waals surface area contributed by atoms with E-state index in [1.807, 2.05) is 38.1 Å². The standard InChI is InChI=1S/C23H34N2O3/c1-17(2)23(27)25(16-20-10-12-21(28-4)13-11-20)18(3)22(26)24-15-14-19-8-6-5-7-9-19/h8,10-13,17-18H,5-7,9,14-16H2,1-4H3,(H,24,26)/t18-/m0/s1. The van der Waals surface area contributed by atoms with Gasteiger partial charge in [0, 0.05) is 19.0 Å². The Hall–Kier alpha value is -2.30. The van der Waals surface area contributed by atoms with Gasteiger partial charge in [0.2, 0.25) is 11.8 Å². The first kappa shape index (κ1) is 22.0. The number of nitrogens with zero attached hydrogens (tertiary/aromatic N) is 1. The zero-order valence-corrected chi connectivity index (χ0v) is 17.7. The molecule has 1 aromatic carbocycles. The van der Waals surface area contributed by atoms with Gasteiger partial charge in [0.25, 0.3) is 0 Å². The van der Waals surface area contributed by atoms with Gasteiger partial charge in [-0.2, -0.15) is 0 Å². The maximum Gasteiger partial charge on any atom is 0.242 e. The van der Waals surface area contributed by atoms with Crippen LogP contribution in [0, 0.1) is 5.92 Å². The molecule has 1 atom stereocenters.